The van der Waals surface area contributed by atoms with Crippen molar-refractivity contribution in [2.24, 2.45) is 0 Å². The zero-order valence-electron chi connectivity index (χ0n) is 10.6. The van der Waals surface area contributed by atoms with E-state index in [1.54, 1.807) is 0 Å². The predicted molar refractivity (Wildman–Crippen MR) is 73.1 cm³/mol. The Hall–Kier alpha value is -0.840. The monoisotopic (exact) mass is 242 g/mol. The van der Waals surface area contributed by atoms with Gasteiger partial charge in [-0.25, -0.2) is 4.68 Å². The molecule has 1 aromatic heterocycles. The van der Waals surface area contributed by atoms with Crippen LogP contribution in [0.4, 0.5) is 11.5 Å². The summed E-state index contributed by atoms with van der Waals surface area (Å²) in [5, 5.41) is 7.82. The van der Waals surface area contributed by atoms with E-state index >= 15 is 0 Å². The van der Waals surface area contributed by atoms with E-state index < -0.39 is 0 Å². The summed E-state index contributed by atoms with van der Waals surface area (Å²) < 4.78 is 1.93. The first-order valence-corrected chi connectivity index (χ1v) is 6.92. The van der Waals surface area contributed by atoms with Crippen molar-refractivity contribution >= 4 is 23.3 Å². The van der Waals surface area contributed by atoms with Crippen LogP contribution < -0.4 is 11.1 Å². The molecule has 0 saturated heterocycles. The molecule has 1 atom stereocenters. The van der Waals surface area contributed by atoms with Crippen molar-refractivity contribution in [1.82, 2.24) is 9.78 Å². The molecule has 16 heavy (non-hydrogen) atoms. The average Bonchev–Trinajstić information content (AvgIpc) is 2.54. The van der Waals surface area contributed by atoms with Crippen molar-refractivity contribution in [2.45, 2.75) is 40.3 Å². The molecule has 4 nitrogen and oxygen atoms in total. The quantitative estimate of drug-likeness (QED) is 0.804. The number of aromatic nitrogens is 2. The first-order valence-electron chi connectivity index (χ1n) is 5.77. The number of nitrogens with one attached hydrogen (secondary N) is 1. The minimum Gasteiger partial charge on any atom is -0.394 e. The van der Waals surface area contributed by atoms with Gasteiger partial charge in [0.2, 0.25) is 0 Å². The summed E-state index contributed by atoms with van der Waals surface area (Å²) >= 11 is 1.93. The first kappa shape index (κ1) is 13.2. The molecule has 3 N–H and O–H groups in total. The lowest BCUT2D eigenvalue weighted by Crippen LogP contribution is -2.21. The second kappa shape index (κ2) is 6.03. The topological polar surface area (TPSA) is 55.9 Å². The summed E-state index contributed by atoms with van der Waals surface area (Å²) in [6.45, 7) is 9.20. The highest BCUT2D eigenvalue weighted by atomic mass is 32.2. The van der Waals surface area contributed by atoms with Crippen molar-refractivity contribution < 1.29 is 0 Å². The van der Waals surface area contributed by atoms with Gasteiger partial charge in [0.15, 0.2) is 0 Å². The number of nitrogen functional groups attached to an aromatic ring is 1. The molecule has 5 heteroatoms. The Morgan fingerprint density at radius 3 is 2.75 bits per heavy atom. The van der Waals surface area contributed by atoms with Crippen molar-refractivity contribution in [1.29, 1.82) is 0 Å². The molecule has 1 heterocycles. The van der Waals surface area contributed by atoms with Crippen LogP contribution in [0.3, 0.4) is 0 Å². The van der Waals surface area contributed by atoms with E-state index in [0.717, 1.165) is 35.2 Å². The van der Waals surface area contributed by atoms with Crippen LogP contribution in [0, 0.1) is 6.92 Å². The van der Waals surface area contributed by atoms with Gasteiger partial charge in [-0.3, -0.25) is 0 Å². The fourth-order valence-corrected chi connectivity index (χ4v) is 2.22. The molecule has 0 fully saturated rings. The van der Waals surface area contributed by atoms with Crippen LogP contribution in [0.25, 0.3) is 0 Å². The zero-order valence-corrected chi connectivity index (χ0v) is 11.4. The minimum atomic E-state index is 0.411. The van der Waals surface area contributed by atoms with Gasteiger partial charge in [0.05, 0.1) is 11.4 Å². The lowest BCUT2D eigenvalue weighted by molar-refractivity contribution is 0.653. The van der Waals surface area contributed by atoms with E-state index in [1.165, 1.54) is 0 Å². The third-order valence-electron chi connectivity index (χ3n) is 2.43. The van der Waals surface area contributed by atoms with Crippen LogP contribution in [0.2, 0.25) is 0 Å². The van der Waals surface area contributed by atoms with Crippen LogP contribution in [0.5, 0.6) is 0 Å². The van der Waals surface area contributed by atoms with Gasteiger partial charge >= 0.3 is 0 Å². The molecule has 0 aromatic carbocycles. The molecule has 1 aromatic rings. The second-order valence-electron chi connectivity index (χ2n) is 3.87. The van der Waals surface area contributed by atoms with E-state index in [4.69, 9.17) is 5.73 Å². The lowest BCUT2D eigenvalue weighted by Gasteiger charge is -2.16. The number of thioether (sulfide) groups is 1. The van der Waals surface area contributed by atoms with E-state index in [1.807, 2.05) is 23.4 Å². The van der Waals surface area contributed by atoms with E-state index in [9.17, 15) is 0 Å². The number of nitrogens with two attached hydrogens (primary N) is 1. The molecule has 0 saturated carbocycles. The van der Waals surface area contributed by atoms with Crippen molar-refractivity contribution in [3.63, 3.8) is 0 Å². The number of hydrogen-bond donors (Lipinski definition) is 2. The van der Waals surface area contributed by atoms with Gasteiger partial charge in [0, 0.05) is 18.3 Å². The van der Waals surface area contributed by atoms with Crippen LogP contribution in [-0.4, -0.2) is 27.3 Å². The lowest BCUT2D eigenvalue weighted by atomic mass is 10.3. The number of rotatable bonds is 6. The molecule has 1 rings (SSSR count). The Balaban J connectivity index is 2.71. The molecule has 92 valence electrons. The summed E-state index contributed by atoms with van der Waals surface area (Å²) in [6, 6.07) is 0.411. The standard InChI is InChI=1S/C11H22N4S/c1-5-15-11(10(12)9(4)14-15)13-8(3)7-16-6-2/h8,13H,5-7,12H2,1-4H3. The fraction of sp³-hybridized carbons (Fsp3) is 0.727. The van der Waals surface area contributed by atoms with Crippen molar-refractivity contribution in [3.05, 3.63) is 5.69 Å². The SMILES string of the molecule is CCSCC(C)Nc1c(N)c(C)nn1CC. The summed E-state index contributed by atoms with van der Waals surface area (Å²) in [4.78, 5) is 0. The molecule has 1 unspecified atom stereocenters. The van der Waals surface area contributed by atoms with Crippen LogP contribution >= 0.6 is 11.8 Å². The summed E-state index contributed by atoms with van der Waals surface area (Å²) in [6.07, 6.45) is 0. The Kier molecular flexibility index (Phi) is 4.99. The third-order valence-corrected chi connectivity index (χ3v) is 3.57. The maximum atomic E-state index is 6.00. The Morgan fingerprint density at radius 2 is 2.19 bits per heavy atom. The highest BCUT2D eigenvalue weighted by molar-refractivity contribution is 7.99. The maximum Gasteiger partial charge on any atom is 0.148 e. The van der Waals surface area contributed by atoms with E-state index in [0.29, 0.717) is 6.04 Å². The second-order valence-corrected chi connectivity index (χ2v) is 5.19. The maximum absolute atomic E-state index is 6.00. The summed E-state index contributed by atoms with van der Waals surface area (Å²) in [5.41, 5.74) is 7.68. The Bertz CT molecular complexity index is 335. The van der Waals surface area contributed by atoms with Gasteiger partial charge < -0.3 is 11.1 Å². The smallest absolute Gasteiger partial charge is 0.148 e. The molecule has 0 aliphatic heterocycles. The fourth-order valence-electron chi connectivity index (χ4n) is 1.55. The molecule has 0 amide bonds. The zero-order chi connectivity index (χ0) is 12.1. The largest absolute Gasteiger partial charge is 0.394 e. The van der Waals surface area contributed by atoms with Crippen LogP contribution in [-0.2, 0) is 6.54 Å². The predicted octanol–water partition coefficient (Wildman–Crippen LogP) is 2.35. The number of nitrogens with zero attached hydrogens (tertiary/aromatic N) is 2. The van der Waals surface area contributed by atoms with Gasteiger partial charge in [-0.2, -0.15) is 16.9 Å². The molecule has 0 bridgehead atoms. The molecular weight excluding hydrogens is 220 g/mol. The number of anilines is 2. The van der Waals surface area contributed by atoms with E-state index in [2.05, 4.69) is 31.2 Å². The van der Waals surface area contributed by atoms with Crippen LogP contribution in [0.15, 0.2) is 0 Å². The molecule has 0 aliphatic rings. The van der Waals surface area contributed by atoms with Gasteiger partial charge in [0.1, 0.15) is 5.82 Å². The molecule has 0 spiro atoms. The number of hydrogen-bond acceptors (Lipinski definition) is 4. The summed E-state index contributed by atoms with van der Waals surface area (Å²) in [5.74, 6) is 3.20. The van der Waals surface area contributed by atoms with Crippen molar-refractivity contribution in [3.8, 4) is 0 Å². The van der Waals surface area contributed by atoms with Gasteiger partial charge in [-0.15, -0.1) is 0 Å². The third kappa shape index (κ3) is 3.07. The van der Waals surface area contributed by atoms with Gasteiger partial charge in [-0.1, -0.05) is 6.92 Å². The molecular formula is C11H22N4S. The van der Waals surface area contributed by atoms with Crippen molar-refractivity contribution in [2.75, 3.05) is 22.6 Å². The normalized spacial score (nSPS) is 12.8. The average molecular weight is 242 g/mol. The highest BCUT2D eigenvalue weighted by Crippen LogP contribution is 2.23. The Morgan fingerprint density at radius 1 is 1.50 bits per heavy atom. The van der Waals surface area contributed by atoms with Gasteiger partial charge in [-0.05, 0) is 26.5 Å². The summed E-state index contributed by atoms with van der Waals surface area (Å²) in [7, 11) is 0. The van der Waals surface area contributed by atoms with Gasteiger partial charge in [0.25, 0.3) is 0 Å². The minimum absolute atomic E-state index is 0.411. The Labute approximate surface area is 102 Å². The number of aryl methyl sites for hydroxylation is 2. The molecule has 0 radical (unpaired) electrons. The highest BCUT2D eigenvalue weighted by Gasteiger charge is 2.13. The first-order chi connectivity index (χ1) is 7.60. The van der Waals surface area contributed by atoms with Crippen LogP contribution in [0.1, 0.15) is 26.5 Å². The molecule has 0 aliphatic carbocycles. The van der Waals surface area contributed by atoms with E-state index in [-0.39, 0.29) is 0 Å².